The van der Waals surface area contributed by atoms with E-state index in [1.54, 1.807) is 0 Å². The molecule has 17 heavy (non-hydrogen) atoms. The predicted octanol–water partition coefficient (Wildman–Crippen LogP) is 4.62. The predicted molar refractivity (Wildman–Crippen MR) is 77.3 cm³/mol. The van der Waals surface area contributed by atoms with Gasteiger partial charge in [-0.25, -0.2) is 0 Å². The molecule has 0 radical (unpaired) electrons. The minimum Gasteiger partial charge on any atom is -0.314 e. The standard InChI is InChI=1S/C16H33N/c1-5-10-17-16(11-13(3)4)15-9-7-8-14(6-2)12-15/h13-17H,5-12H2,1-4H3. The van der Waals surface area contributed by atoms with Crippen molar-refractivity contribution in [3.05, 3.63) is 0 Å². The topological polar surface area (TPSA) is 12.0 Å². The van der Waals surface area contributed by atoms with Crippen LogP contribution in [0, 0.1) is 17.8 Å². The van der Waals surface area contributed by atoms with Crippen LogP contribution in [0.4, 0.5) is 0 Å². The van der Waals surface area contributed by atoms with Gasteiger partial charge in [0.25, 0.3) is 0 Å². The molecule has 1 heteroatoms. The molecule has 0 amide bonds. The monoisotopic (exact) mass is 239 g/mol. The third-order valence-corrected chi connectivity index (χ3v) is 4.35. The fourth-order valence-electron chi connectivity index (χ4n) is 3.35. The van der Waals surface area contributed by atoms with E-state index in [2.05, 4.69) is 33.0 Å². The van der Waals surface area contributed by atoms with Gasteiger partial charge in [0, 0.05) is 6.04 Å². The molecule has 102 valence electrons. The van der Waals surface area contributed by atoms with Crippen LogP contribution in [0.1, 0.15) is 72.6 Å². The SMILES string of the molecule is CCCNC(CC(C)C)C1CCCC(CC)C1. The van der Waals surface area contributed by atoms with E-state index in [1.807, 2.05) is 0 Å². The largest absolute Gasteiger partial charge is 0.314 e. The Morgan fingerprint density at radius 1 is 1.18 bits per heavy atom. The molecule has 0 aromatic heterocycles. The van der Waals surface area contributed by atoms with E-state index in [4.69, 9.17) is 0 Å². The molecule has 1 N–H and O–H groups in total. The number of hydrogen-bond acceptors (Lipinski definition) is 1. The molecule has 1 saturated carbocycles. The summed E-state index contributed by atoms with van der Waals surface area (Å²) >= 11 is 0. The van der Waals surface area contributed by atoms with E-state index in [0.29, 0.717) is 0 Å². The van der Waals surface area contributed by atoms with Gasteiger partial charge in [0.05, 0.1) is 0 Å². The zero-order valence-corrected chi connectivity index (χ0v) is 12.5. The molecule has 1 rings (SSSR count). The first-order chi connectivity index (χ1) is 8.17. The van der Waals surface area contributed by atoms with Gasteiger partial charge in [-0.15, -0.1) is 0 Å². The van der Waals surface area contributed by atoms with Gasteiger partial charge in [-0.05, 0) is 50.0 Å². The Bertz CT molecular complexity index is 188. The van der Waals surface area contributed by atoms with Crippen molar-refractivity contribution in [2.75, 3.05) is 6.54 Å². The van der Waals surface area contributed by atoms with Crippen molar-refractivity contribution in [1.29, 1.82) is 0 Å². The van der Waals surface area contributed by atoms with Crippen LogP contribution < -0.4 is 5.32 Å². The van der Waals surface area contributed by atoms with Gasteiger partial charge in [0.15, 0.2) is 0 Å². The molecule has 0 aromatic carbocycles. The van der Waals surface area contributed by atoms with Crippen molar-refractivity contribution >= 4 is 0 Å². The molecule has 1 fully saturated rings. The minimum atomic E-state index is 0.782. The molecule has 0 aromatic rings. The first-order valence-electron chi connectivity index (χ1n) is 7.90. The highest BCUT2D eigenvalue weighted by Gasteiger charge is 2.27. The van der Waals surface area contributed by atoms with E-state index < -0.39 is 0 Å². The Balaban J connectivity index is 2.48. The molecule has 1 aliphatic carbocycles. The third-order valence-electron chi connectivity index (χ3n) is 4.35. The average molecular weight is 239 g/mol. The van der Waals surface area contributed by atoms with Gasteiger partial charge in [-0.3, -0.25) is 0 Å². The number of hydrogen-bond donors (Lipinski definition) is 1. The summed E-state index contributed by atoms with van der Waals surface area (Å²) < 4.78 is 0. The Labute approximate surface area is 109 Å². The molecule has 1 aliphatic rings. The van der Waals surface area contributed by atoms with Crippen molar-refractivity contribution in [2.24, 2.45) is 17.8 Å². The molecule has 0 heterocycles. The highest BCUT2D eigenvalue weighted by molar-refractivity contribution is 4.83. The Hall–Kier alpha value is -0.0400. The van der Waals surface area contributed by atoms with Crippen molar-refractivity contribution in [2.45, 2.75) is 78.7 Å². The second-order valence-electron chi connectivity index (χ2n) is 6.39. The van der Waals surface area contributed by atoms with Crippen LogP contribution in [0.3, 0.4) is 0 Å². The van der Waals surface area contributed by atoms with Gasteiger partial charge in [-0.1, -0.05) is 47.0 Å². The summed E-state index contributed by atoms with van der Waals surface area (Å²) in [5.41, 5.74) is 0. The minimum absolute atomic E-state index is 0.782. The first kappa shape index (κ1) is 15.0. The summed E-state index contributed by atoms with van der Waals surface area (Å²) in [6.45, 7) is 10.6. The molecule has 1 nitrogen and oxygen atoms in total. The van der Waals surface area contributed by atoms with E-state index in [1.165, 1.54) is 51.5 Å². The van der Waals surface area contributed by atoms with Crippen molar-refractivity contribution in [3.8, 4) is 0 Å². The van der Waals surface area contributed by atoms with E-state index >= 15 is 0 Å². The van der Waals surface area contributed by atoms with E-state index in [9.17, 15) is 0 Å². The van der Waals surface area contributed by atoms with Crippen LogP contribution in [0.5, 0.6) is 0 Å². The summed E-state index contributed by atoms with van der Waals surface area (Å²) in [6, 6.07) is 0.782. The fraction of sp³-hybridized carbons (Fsp3) is 1.00. The maximum Gasteiger partial charge on any atom is 0.00978 e. The second kappa shape index (κ2) is 8.13. The number of nitrogens with one attached hydrogen (secondary N) is 1. The van der Waals surface area contributed by atoms with Gasteiger partial charge in [0.2, 0.25) is 0 Å². The molecular formula is C16H33N. The van der Waals surface area contributed by atoms with Gasteiger partial charge < -0.3 is 5.32 Å². The molecule has 3 atom stereocenters. The molecular weight excluding hydrogens is 206 g/mol. The van der Waals surface area contributed by atoms with Crippen molar-refractivity contribution < 1.29 is 0 Å². The lowest BCUT2D eigenvalue weighted by molar-refractivity contribution is 0.192. The average Bonchev–Trinajstić information content (AvgIpc) is 2.34. The maximum atomic E-state index is 3.82. The fourth-order valence-corrected chi connectivity index (χ4v) is 3.35. The summed E-state index contributed by atoms with van der Waals surface area (Å²) in [5, 5.41) is 3.82. The van der Waals surface area contributed by atoms with Crippen LogP contribution >= 0.6 is 0 Å². The van der Waals surface area contributed by atoms with E-state index in [0.717, 1.165) is 23.8 Å². The lowest BCUT2D eigenvalue weighted by Gasteiger charge is -2.35. The zero-order valence-electron chi connectivity index (χ0n) is 12.5. The van der Waals surface area contributed by atoms with Gasteiger partial charge >= 0.3 is 0 Å². The van der Waals surface area contributed by atoms with Crippen LogP contribution in [0.15, 0.2) is 0 Å². The van der Waals surface area contributed by atoms with Crippen LogP contribution in [0.25, 0.3) is 0 Å². The Kier molecular flexibility index (Phi) is 7.18. The quantitative estimate of drug-likeness (QED) is 0.683. The number of rotatable bonds is 7. The van der Waals surface area contributed by atoms with Crippen molar-refractivity contribution in [1.82, 2.24) is 5.32 Å². The summed E-state index contributed by atoms with van der Waals surface area (Å²) in [7, 11) is 0. The van der Waals surface area contributed by atoms with Crippen LogP contribution in [0.2, 0.25) is 0 Å². The Morgan fingerprint density at radius 3 is 2.53 bits per heavy atom. The Morgan fingerprint density at radius 2 is 1.94 bits per heavy atom. The molecule has 0 aliphatic heterocycles. The lowest BCUT2D eigenvalue weighted by Crippen LogP contribution is -2.40. The summed E-state index contributed by atoms with van der Waals surface area (Å²) in [4.78, 5) is 0. The smallest absolute Gasteiger partial charge is 0.00978 e. The normalized spacial score (nSPS) is 27.4. The molecule has 0 spiro atoms. The zero-order chi connectivity index (χ0) is 12.7. The van der Waals surface area contributed by atoms with E-state index in [-0.39, 0.29) is 0 Å². The highest BCUT2D eigenvalue weighted by atomic mass is 14.9. The molecule has 0 bridgehead atoms. The summed E-state index contributed by atoms with van der Waals surface area (Å²) in [5.74, 6) is 2.78. The summed E-state index contributed by atoms with van der Waals surface area (Å²) in [6.07, 6.45) is 9.90. The second-order valence-corrected chi connectivity index (χ2v) is 6.39. The van der Waals surface area contributed by atoms with Gasteiger partial charge in [-0.2, -0.15) is 0 Å². The van der Waals surface area contributed by atoms with Gasteiger partial charge in [0.1, 0.15) is 0 Å². The molecule has 0 saturated heterocycles. The lowest BCUT2D eigenvalue weighted by atomic mass is 9.75. The van der Waals surface area contributed by atoms with Crippen molar-refractivity contribution in [3.63, 3.8) is 0 Å². The van der Waals surface area contributed by atoms with Crippen LogP contribution in [-0.2, 0) is 0 Å². The maximum absolute atomic E-state index is 3.82. The first-order valence-corrected chi connectivity index (χ1v) is 7.90. The molecule has 3 unspecified atom stereocenters. The van der Waals surface area contributed by atoms with Crippen LogP contribution in [-0.4, -0.2) is 12.6 Å². The highest BCUT2D eigenvalue weighted by Crippen LogP contribution is 2.34. The third kappa shape index (κ3) is 5.42.